The van der Waals surface area contributed by atoms with Gasteiger partial charge in [-0.05, 0) is 48.5 Å². The van der Waals surface area contributed by atoms with Crippen molar-refractivity contribution in [2.45, 2.75) is 4.21 Å². The Morgan fingerprint density at radius 1 is 1.17 bits per heavy atom. The van der Waals surface area contributed by atoms with E-state index in [1.807, 2.05) is 0 Å². The predicted octanol–water partition coefficient (Wildman–Crippen LogP) is 3.86. The van der Waals surface area contributed by atoms with Crippen LogP contribution in [0.2, 0.25) is 4.34 Å². The number of pyridine rings is 1. The number of anilines is 1. The molecule has 2 aromatic heterocycles. The molecule has 1 amide bonds. The van der Waals surface area contributed by atoms with Gasteiger partial charge in [0.2, 0.25) is 11.8 Å². The van der Waals surface area contributed by atoms with Crippen LogP contribution in [0.25, 0.3) is 0 Å². The molecule has 1 aromatic carbocycles. The summed E-state index contributed by atoms with van der Waals surface area (Å²) in [7, 11) is -0.941. The summed E-state index contributed by atoms with van der Waals surface area (Å²) in [6, 6.07) is 13.0. The highest BCUT2D eigenvalue weighted by Crippen LogP contribution is 2.29. The highest BCUT2D eigenvalue weighted by molar-refractivity contribution is 7.91. The third-order valence-electron chi connectivity index (χ3n) is 3.90. The summed E-state index contributed by atoms with van der Waals surface area (Å²) >= 11 is 6.74. The van der Waals surface area contributed by atoms with E-state index in [0.29, 0.717) is 21.5 Å². The SMILES string of the molecule is COc1ccc(Oc2ncccc2NC(=O)CN(C)S(=O)(=O)c2ccc(Cl)s2)cc1. The predicted molar refractivity (Wildman–Crippen MR) is 115 cm³/mol. The molecule has 0 unspecified atom stereocenters. The third-order valence-corrected chi connectivity index (χ3v) is 7.40. The largest absolute Gasteiger partial charge is 0.497 e. The van der Waals surface area contributed by atoms with Crippen LogP contribution in [0, 0.1) is 0 Å². The van der Waals surface area contributed by atoms with Crippen LogP contribution in [-0.2, 0) is 14.8 Å². The second-order valence-electron chi connectivity index (χ2n) is 6.00. The number of ether oxygens (including phenoxy) is 2. The number of carbonyl (C=O) groups is 1. The summed E-state index contributed by atoms with van der Waals surface area (Å²) in [5.41, 5.74) is 0.309. The van der Waals surface area contributed by atoms with Crippen LogP contribution in [0.1, 0.15) is 0 Å². The number of nitrogens with zero attached hydrogens (tertiary/aromatic N) is 2. The van der Waals surface area contributed by atoms with Gasteiger partial charge in [0.1, 0.15) is 21.4 Å². The number of rotatable bonds is 8. The number of likely N-dealkylation sites (N-methyl/N-ethyl adjacent to an activating group) is 1. The Bertz CT molecular complexity index is 1130. The summed E-state index contributed by atoms with van der Waals surface area (Å²) in [5.74, 6) is 0.801. The molecule has 3 aromatic rings. The summed E-state index contributed by atoms with van der Waals surface area (Å²) in [6.07, 6.45) is 1.52. The number of methoxy groups -OCH3 is 1. The van der Waals surface area contributed by atoms with Crippen molar-refractivity contribution >= 4 is 44.6 Å². The molecule has 1 N–H and O–H groups in total. The third kappa shape index (κ3) is 5.28. The molecule has 0 fully saturated rings. The highest BCUT2D eigenvalue weighted by atomic mass is 35.5. The van der Waals surface area contributed by atoms with Crippen LogP contribution in [0.3, 0.4) is 0 Å². The number of amides is 1. The van der Waals surface area contributed by atoms with Crippen molar-refractivity contribution in [2.24, 2.45) is 0 Å². The van der Waals surface area contributed by atoms with Gasteiger partial charge in [-0.15, -0.1) is 11.3 Å². The lowest BCUT2D eigenvalue weighted by atomic mass is 10.3. The van der Waals surface area contributed by atoms with Gasteiger partial charge in [-0.25, -0.2) is 13.4 Å². The van der Waals surface area contributed by atoms with Gasteiger partial charge in [0, 0.05) is 13.2 Å². The van der Waals surface area contributed by atoms with Crippen LogP contribution >= 0.6 is 22.9 Å². The molecule has 0 aliphatic heterocycles. The smallest absolute Gasteiger partial charge is 0.252 e. The van der Waals surface area contributed by atoms with Gasteiger partial charge in [0.05, 0.1) is 18.0 Å². The minimum absolute atomic E-state index is 0.0627. The number of sulfonamides is 1. The van der Waals surface area contributed by atoms with Gasteiger partial charge < -0.3 is 14.8 Å². The number of hydrogen-bond donors (Lipinski definition) is 1. The first-order chi connectivity index (χ1) is 14.3. The van der Waals surface area contributed by atoms with Gasteiger partial charge in [0.25, 0.3) is 10.0 Å². The fourth-order valence-electron chi connectivity index (χ4n) is 2.39. The Hall–Kier alpha value is -2.66. The lowest BCUT2D eigenvalue weighted by Gasteiger charge is -2.16. The first-order valence-electron chi connectivity index (χ1n) is 8.58. The minimum Gasteiger partial charge on any atom is -0.497 e. The molecular formula is C19H18ClN3O5S2. The summed E-state index contributed by atoms with van der Waals surface area (Å²) in [6.45, 7) is -0.394. The first-order valence-corrected chi connectivity index (χ1v) is 11.2. The summed E-state index contributed by atoms with van der Waals surface area (Å²) in [4.78, 5) is 16.6. The normalized spacial score (nSPS) is 11.3. The molecule has 2 heterocycles. The van der Waals surface area contributed by atoms with Crippen molar-refractivity contribution in [1.29, 1.82) is 0 Å². The van der Waals surface area contributed by atoms with Gasteiger partial charge in [-0.2, -0.15) is 4.31 Å². The highest BCUT2D eigenvalue weighted by Gasteiger charge is 2.25. The van der Waals surface area contributed by atoms with Crippen molar-refractivity contribution in [3.63, 3.8) is 0 Å². The van der Waals surface area contributed by atoms with E-state index in [2.05, 4.69) is 10.3 Å². The zero-order chi connectivity index (χ0) is 21.7. The molecule has 0 atom stereocenters. The molecule has 0 saturated carbocycles. The fourth-order valence-corrected chi connectivity index (χ4v) is 5.21. The van der Waals surface area contributed by atoms with Crippen molar-refractivity contribution < 1.29 is 22.7 Å². The number of carbonyl (C=O) groups excluding carboxylic acids is 1. The Kier molecular flexibility index (Phi) is 6.93. The molecule has 0 bridgehead atoms. The van der Waals surface area contributed by atoms with E-state index >= 15 is 0 Å². The van der Waals surface area contributed by atoms with E-state index in [-0.39, 0.29) is 10.1 Å². The van der Waals surface area contributed by atoms with Crippen LogP contribution in [0.15, 0.2) is 58.9 Å². The quantitative estimate of drug-likeness (QED) is 0.540. The maximum Gasteiger partial charge on any atom is 0.252 e. The van der Waals surface area contributed by atoms with Crippen LogP contribution < -0.4 is 14.8 Å². The number of benzene rings is 1. The molecule has 0 aliphatic carbocycles. The van der Waals surface area contributed by atoms with Crippen molar-refractivity contribution in [3.8, 4) is 17.4 Å². The maximum absolute atomic E-state index is 12.5. The topological polar surface area (TPSA) is 97.8 Å². The average Bonchev–Trinajstić information content (AvgIpc) is 3.17. The number of halogens is 1. The fraction of sp³-hybridized carbons (Fsp3) is 0.158. The standard InChI is InChI=1S/C19H18ClN3O5S2/c1-23(30(25,26)18-10-9-16(20)29-18)12-17(24)22-15-4-3-11-21-19(15)28-14-7-5-13(27-2)6-8-14/h3-11H,12H2,1-2H3,(H,22,24). The number of hydrogen-bond acceptors (Lipinski definition) is 7. The van der Waals surface area contributed by atoms with Gasteiger partial charge in [-0.3, -0.25) is 4.79 Å². The Morgan fingerprint density at radius 3 is 2.50 bits per heavy atom. The summed E-state index contributed by atoms with van der Waals surface area (Å²) in [5, 5.41) is 2.63. The molecule has 0 saturated heterocycles. The average molecular weight is 468 g/mol. The second kappa shape index (κ2) is 9.43. The second-order valence-corrected chi connectivity index (χ2v) is 9.99. The summed E-state index contributed by atoms with van der Waals surface area (Å²) < 4.78 is 37.3. The molecule has 0 aliphatic rings. The van der Waals surface area contributed by atoms with Gasteiger partial charge in [-0.1, -0.05) is 11.6 Å². The number of aromatic nitrogens is 1. The zero-order valence-corrected chi connectivity index (χ0v) is 18.4. The first kappa shape index (κ1) is 22.0. The molecule has 158 valence electrons. The van der Waals surface area contributed by atoms with E-state index in [0.717, 1.165) is 15.6 Å². The lowest BCUT2D eigenvalue weighted by molar-refractivity contribution is -0.116. The Morgan fingerprint density at radius 2 is 1.87 bits per heavy atom. The molecule has 8 nitrogen and oxygen atoms in total. The van der Waals surface area contributed by atoms with Gasteiger partial charge >= 0.3 is 0 Å². The monoisotopic (exact) mass is 467 g/mol. The van der Waals surface area contributed by atoms with Crippen molar-refractivity contribution in [2.75, 3.05) is 26.0 Å². The molecule has 30 heavy (non-hydrogen) atoms. The number of nitrogens with one attached hydrogen (secondary N) is 1. The number of thiophene rings is 1. The van der Waals surface area contributed by atoms with E-state index in [1.165, 1.54) is 25.4 Å². The van der Waals surface area contributed by atoms with Crippen LogP contribution in [0.5, 0.6) is 17.4 Å². The Labute approximate surface area is 183 Å². The van der Waals surface area contributed by atoms with E-state index in [1.54, 1.807) is 43.5 Å². The van der Waals surface area contributed by atoms with E-state index < -0.39 is 22.5 Å². The molecule has 3 rings (SSSR count). The molecule has 11 heteroatoms. The van der Waals surface area contributed by atoms with E-state index in [4.69, 9.17) is 21.1 Å². The van der Waals surface area contributed by atoms with Gasteiger partial charge in [0.15, 0.2) is 0 Å². The van der Waals surface area contributed by atoms with Crippen LogP contribution in [-0.4, -0.2) is 44.3 Å². The van der Waals surface area contributed by atoms with Crippen molar-refractivity contribution in [3.05, 3.63) is 59.1 Å². The van der Waals surface area contributed by atoms with E-state index in [9.17, 15) is 13.2 Å². The Balaban J connectivity index is 1.69. The molecule has 0 spiro atoms. The zero-order valence-electron chi connectivity index (χ0n) is 16.0. The molecular weight excluding hydrogens is 450 g/mol. The molecule has 0 radical (unpaired) electrons. The minimum atomic E-state index is -3.82. The van der Waals surface area contributed by atoms with Crippen molar-refractivity contribution in [1.82, 2.24) is 9.29 Å². The lowest BCUT2D eigenvalue weighted by Crippen LogP contribution is -2.34. The maximum atomic E-state index is 12.5. The van der Waals surface area contributed by atoms with Crippen LogP contribution in [0.4, 0.5) is 5.69 Å².